The van der Waals surface area contributed by atoms with E-state index in [-0.39, 0.29) is 5.91 Å². The van der Waals surface area contributed by atoms with Gasteiger partial charge >= 0.3 is 0 Å². The van der Waals surface area contributed by atoms with E-state index in [2.05, 4.69) is 17.1 Å². The maximum atomic E-state index is 12.2. The second-order valence-electron chi connectivity index (χ2n) is 7.24. The van der Waals surface area contributed by atoms with Gasteiger partial charge in [0.25, 0.3) is 0 Å². The lowest BCUT2D eigenvalue weighted by molar-refractivity contribution is -0.124. The highest BCUT2D eigenvalue weighted by Gasteiger charge is 2.51. The van der Waals surface area contributed by atoms with Crippen molar-refractivity contribution in [1.82, 2.24) is 10.2 Å². The van der Waals surface area contributed by atoms with Gasteiger partial charge in [-0.3, -0.25) is 15.0 Å². The molecule has 2 saturated carbocycles. The van der Waals surface area contributed by atoms with Crippen molar-refractivity contribution in [3.05, 3.63) is 0 Å². The van der Waals surface area contributed by atoms with E-state index in [0.29, 0.717) is 18.1 Å². The molecule has 4 nitrogen and oxygen atoms in total. The van der Waals surface area contributed by atoms with Crippen LogP contribution in [0.4, 0.5) is 0 Å². The molecule has 0 aromatic carbocycles. The number of amides is 1. The fourth-order valence-electron chi connectivity index (χ4n) is 4.22. The van der Waals surface area contributed by atoms with Crippen LogP contribution in [0, 0.1) is 0 Å². The van der Waals surface area contributed by atoms with Gasteiger partial charge in [-0.2, -0.15) is 0 Å². The summed E-state index contributed by atoms with van der Waals surface area (Å²) in [6, 6.07) is 1.67. The van der Waals surface area contributed by atoms with E-state index in [1.165, 1.54) is 51.4 Å². The average Bonchev–Trinajstić information content (AvgIpc) is 3.19. The minimum Gasteiger partial charge on any atom is -0.368 e. The Hall–Kier alpha value is -0.610. The molecule has 114 valence electrons. The van der Waals surface area contributed by atoms with Gasteiger partial charge in [0, 0.05) is 24.7 Å². The largest absolute Gasteiger partial charge is 0.368 e. The lowest BCUT2D eigenvalue weighted by Crippen LogP contribution is -2.60. The first-order valence-electron chi connectivity index (χ1n) is 8.44. The zero-order valence-corrected chi connectivity index (χ0v) is 12.7. The Balaban J connectivity index is 1.69. The number of rotatable bonds is 4. The molecule has 4 heteroatoms. The Labute approximate surface area is 122 Å². The van der Waals surface area contributed by atoms with Gasteiger partial charge in [0.15, 0.2) is 0 Å². The van der Waals surface area contributed by atoms with Crippen LogP contribution < -0.4 is 11.1 Å². The van der Waals surface area contributed by atoms with E-state index >= 15 is 0 Å². The molecule has 1 saturated heterocycles. The first kappa shape index (κ1) is 14.3. The topological polar surface area (TPSA) is 58.4 Å². The molecule has 2 aliphatic carbocycles. The fraction of sp³-hybridized carbons (Fsp3) is 0.938. The van der Waals surface area contributed by atoms with Crippen molar-refractivity contribution in [3.63, 3.8) is 0 Å². The third kappa shape index (κ3) is 2.86. The molecule has 1 heterocycles. The number of carbonyl (C=O) groups excluding carboxylic acids is 1. The number of hydrogen-bond acceptors (Lipinski definition) is 3. The van der Waals surface area contributed by atoms with Gasteiger partial charge < -0.3 is 5.73 Å². The third-order valence-corrected chi connectivity index (χ3v) is 5.49. The summed E-state index contributed by atoms with van der Waals surface area (Å²) >= 11 is 0. The van der Waals surface area contributed by atoms with Gasteiger partial charge in [-0.15, -0.1) is 0 Å². The van der Waals surface area contributed by atoms with Crippen molar-refractivity contribution in [2.45, 2.75) is 88.4 Å². The summed E-state index contributed by atoms with van der Waals surface area (Å²) in [7, 11) is 0. The van der Waals surface area contributed by atoms with Gasteiger partial charge in [0.1, 0.15) is 5.54 Å². The van der Waals surface area contributed by atoms with Gasteiger partial charge in [-0.25, -0.2) is 0 Å². The summed E-state index contributed by atoms with van der Waals surface area (Å²) in [5.74, 6) is -0.142. The van der Waals surface area contributed by atoms with Crippen molar-refractivity contribution >= 4 is 5.91 Å². The molecule has 1 aliphatic heterocycles. The van der Waals surface area contributed by atoms with E-state index in [9.17, 15) is 4.79 Å². The molecule has 2 atom stereocenters. The molecule has 3 N–H and O–H groups in total. The molecule has 3 fully saturated rings. The standard InChI is InChI=1S/C16H29N3O/c1-12-10-16(15(17)20,11-19(12)14-8-9-14)18-13-6-4-2-3-5-7-13/h12-14,18H,2-11H2,1H3,(H2,17,20). The maximum absolute atomic E-state index is 12.2. The molecule has 3 aliphatic rings. The minimum absolute atomic E-state index is 0.142. The first-order chi connectivity index (χ1) is 9.61. The summed E-state index contributed by atoms with van der Waals surface area (Å²) < 4.78 is 0. The summed E-state index contributed by atoms with van der Waals surface area (Å²) in [6.45, 7) is 3.07. The highest BCUT2D eigenvalue weighted by atomic mass is 16.1. The van der Waals surface area contributed by atoms with Gasteiger partial charge in [-0.1, -0.05) is 25.7 Å². The van der Waals surface area contributed by atoms with Crippen molar-refractivity contribution in [1.29, 1.82) is 0 Å². The van der Waals surface area contributed by atoms with Crippen molar-refractivity contribution in [2.75, 3.05) is 6.54 Å². The Kier molecular flexibility index (Phi) is 4.04. The molecule has 1 amide bonds. The maximum Gasteiger partial charge on any atom is 0.239 e. The van der Waals surface area contributed by atoms with Crippen molar-refractivity contribution in [2.24, 2.45) is 5.73 Å². The molecule has 0 bridgehead atoms. The Morgan fingerprint density at radius 3 is 2.35 bits per heavy atom. The molecule has 0 aromatic rings. The smallest absolute Gasteiger partial charge is 0.239 e. The molecule has 2 unspecified atom stereocenters. The number of likely N-dealkylation sites (tertiary alicyclic amines) is 1. The Bertz CT molecular complexity index is 361. The molecule has 0 aromatic heterocycles. The summed E-state index contributed by atoms with van der Waals surface area (Å²) in [5.41, 5.74) is 5.33. The lowest BCUT2D eigenvalue weighted by Gasteiger charge is -2.32. The Morgan fingerprint density at radius 1 is 1.15 bits per heavy atom. The number of nitrogens with two attached hydrogens (primary N) is 1. The van der Waals surface area contributed by atoms with Crippen molar-refractivity contribution < 1.29 is 4.79 Å². The normalized spacial score (nSPS) is 37.0. The van der Waals surface area contributed by atoms with E-state index in [1.54, 1.807) is 0 Å². The number of nitrogens with zero attached hydrogens (tertiary/aromatic N) is 1. The predicted molar refractivity (Wildman–Crippen MR) is 80.4 cm³/mol. The van der Waals surface area contributed by atoms with E-state index in [1.807, 2.05) is 0 Å². The van der Waals surface area contributed by atoms with Gasteiger partial charge in [0.05, 0.1) is 0 Å². The van der Waals surface area contributed by atoms with Crippen LogP contribution in [0.25, 0.3) is 0 Å². The number of hydrogen-bond donors (Lipinski definition) is 2. The second-order valence-corrected chi connectivity index (χ2v) is 7.24. The van der Waals surface area contributed by atoms with Crippen LogP contribution in [0.2, 0.25) is 0 Å². The molecule has 0 radical (unpaired) electrons. The third-order valence-electron chi connectivity index (χ3n) is 5.49. The first-order valence-corrected chi connectivity index (χ1v) is 8.44. The van der Waals surface area contributed by atoms with Crippen LogP contribution in [0.3, 0.4) is 0 Å². The predicted octanol–water partition coefficient (Wildman–Crippen LogP) is 1.78. The van der Waals surface area contributed by atoms with E-state index in [4.69, 9.17) is 5.73 Å². The van der Waals surface area contributed by atoms with Crippen LogP contribution in [-0.4, -0.2) is 41.0 Å². The quantitative estimate of drug-likeness (QED) is 0.771. The zero-order valence-electron chi connectivity index (χ0n) is 12.7. The second kappa shape index (κ2) is 5.64. The molecular weight excluding hydrogens is 250 g/mol. The Morgan fingerprint density at radius 2 is 1.80 bits per heavy atom. The lowest BCUT2D eigenvalue weighted by atomic mass is 9.92. The SMILES string of the molecule is CC1CC(NC2CCCCCC2)(C(N)=O)CN1C1CC1. The highest BCUT2D eigenvalue weighted by molar-refractivity contribution is 5.85. The zero-order chi connectivity index (χ0) is 14.2. The average molecular weight is 279 g/mol. The number of nitrogens with one attached hydrogen (secondary N) is 1. The van der Waals surface area contributed by atoms with Crippen molar-refractivity contribution in [3.8, 4) is 0 Å². The number of carbonyl (C=O) groups is 1. The van der Waals surface area contributed by atoms with Crippen LogP contribution in [-0.2, 0) is 4.79 Å². The summed E-state index contributed by atoms with van der Waals surface area (Å²) in [4.78, 5) is 14.7. The van der Waals surface area contributed by atoms with Crippen LogP contribution in [0.5, 0.6) is 0 Å². The van der Waals surface area contributed by atoms with E-state index < -0.39 is 5.54 Å². The van der Waals surface area contributed by atoms with Crippen LogP contribution in [0.15, 0.2) is 0 Å². The highest BCUT2D eigenvalue weighted by Crippen LogP contribution is 2.37. The molecule has 0 spiro atoms. The molecular formula is C16H29N3O. The molecule has 20 heavy (non-hydrogen) atoms. The summed E-state index contributed by atoms with van der Waals surface area (Å²) in [6.07, 6.45) is 11.1. The van der Waals surface area contributed by atoms with Crippen LogP contribution >= 0.6 is 0 Å². The fourth-order valence-corrected chi connectivity index (χ4v) is 4.22. The number of primary amides is 1. The minimum atomic E-state index is -0.475. The molecule has 3 rings (SSSR count). The van der Waals surface area contributed by atoms with Gasteiger partial charge in [-0.05, 0) is 39.0 Å². The van der Waals surface area contributed by atoms with E-state index in [0.717, 1.165) is 13.0 Å². The van der Waals surface area contributed by atoms with Gasteiger partial charge in [0.2, 0.25) is 5.91 Å². The monoisotopic (exact) mass is 279 g/mol. The van der Waals surface area contributed by atoms with Crippen LogP contribution in [0.1, 0.15) is 64.7 Å². The summed E-state index contributed by atoms with van der Waals surface area (Å²) in [5, 5.41) is 3.70.